The van der Waals surface area contributed by atoms with Gasteiger partial charge < -0.3 is 54.3 Å². The average molecular weight is 523 g/mol. The molecule has 2 aliphatic rings. The van der Waals surface area contributed by atoms with Crippen molar-refractivity contribution in [1.29, 1.82) is 0 Å². The predicted molar refractivity (Wildman–Crippen MR) is 129 cm³/mol. The second-order valence-corrected chi connectivity index (χ2v) is 9.10. The number of hydrogen-bond donors (Lipinski definition) is 6. The lowest BCUT2D eigenvalue weighted by Crippen LogP contribution is -2.60. The first-order chi connectivity index (χ1) is 17.9. The van der Waals surface area contributed by atoms with Crippen LogP contribution in [-0.2, 0) is 11.2 Å². The average Bonchev–Trinajstić information content (AvgIpc) is 3.30. The summed E-state index contributed by atoms with van der Waals surface area (Å²) in [5.41, 5.74) is 2.46. The van der Waals surface area contributed by atoms with Gasteiger partial charge in [-0.2, -0.15) is 0 Å². The van der Waals surface area contributed by atoms with Crippen LogP contribution in [-0.4, -0.2) is 95.4 Å². The number of aryl methyl sites for hydroxylation is 1. The zero-order chi connectivity index (χ0) is 26.7. The van der Waals surface area contributed by atoms with E-state index in [1.807, 2.05) is 12.1 Å². The Hall–Kier alpha value is -2.64. The molecule has 0 saturated carbocycles. The minimum absolute atomic E-state index is 0.0687. The van der Waals surface area contributed by atoms with E-state index in [0.29, 0.717) is 29.9 Å². The molecular formula is C26H34O11. The molecule has 0 aromatic heterocycles. The van der Waals surface area contributed by atoms with Crippen LogP contribution < -0.4 is 18.9 Å². The smallest absolute Gasteiger partial charge is 0.229 e. The zero-order valence-corrected chi connectivity index (χ0v) is 20.7. The molecule has 204 valence electrons. The molecule has 0 aliphatic carbocycles. The van der Waals surface area contributed by atoms with E-state index in [2.05, 4.69) is 0 Å². The molecule has 1 fully saturated rings. The molecule has 6 N–H and O–H groups in total. The summed E-state index contributed by atoms with van der Waals surface area (Å²) in [5.74, 6) is 1.16. The van der Waals surface area contributed by atoms with Gasteiger partial charge in [-0.1, -0.05) is 12.1 Å². The van der Waals surface area contributed by atoms with Crippen molar-refractivity contribution in [3.05, 3.63) is 47.0 Å². The lowest BCUT2D eigenvalue weighted by Gasteiger charge is -2.39. The number of methoxy groups -OCH3 is 2. The van der Waals surface area contributed by atoms with E-state index in [4.69, 9.17) is 23.7 Å². The molecule has 0 bridgehead atoms. The first-order valence-corrected chi connectivity index (χ1v) is 12.1. The van der Waals surface area contributed by atoms with E-state index in [9.17, 15) is 30.6 Å². The van der Waals surface area contributed by atoms with Crippen LogP contribution in [0.15, 0.2) is 30.3 Å². The molecule has 2 aromatic rings. The molecule has 2 aromatic carbocycles. The minimum Gasteiger partial charge on any atom is -0.493 e. The Morgan fingerprint density at radius 2 is 1.59 bits per heavy atom. The maximum atomic E-state index is 10.3. The lowest BCUT2D eigenvalue weighted by atomic mass is 9.90. The summed E-state index contributed by atoms with van der Waals surface area (Å²) in [4.78, 5) is 0. The molecule has 37 heavy (non-hydrogen) atoms. The number of rotatable bonds is 10. The van der Waals surface area contributed by atoms with Crippen molar-refractivity contribution in [2.75, 3.05) is 34.0 Å². The summed E-state index contributed by atoms with van der Waals surface area (Å²) in [6.07, 6.45) is -6.42. The molecule has 11 nitrogen and oxygen atoms in total. The van der Waals surface area contributed by atoms with Crippen molar-refractivity contribution in [1.82, 2.24) is 0 Å². The van der Waals surface area contributed by atoms with Gasteiger partial charge in [0.1, 0.15) is 30.5 Å². The van der Waals surface area contributed by atoms with E-state index in [0.717, 1.165) is 11.1 Å². The molecule has 7 atom stereocenters. The highest BCUT2D eigenvalue weighted by Crippen LogP contribution is 2.51. The molecule has 11 heteroatoms. The molecule has 0 amide bonds. The molecule has 4 rings (SSSR count). The molecule has 0 radical (unpaired) electrons. The van der Waals surface area contributed by atoms with Gasteiger partial charge in [-0.05, 0) is 42.2 Å². The van der Waals surface area contributed by atoms with Crippen molar-refractivity contribution in [2.24, 2.45) is 0 Å². The minimum atomic E-state index is -1.57. The Labute approximate surface area is 214 Å². The van der Waals surface area contributed by atoms with Crippen LogP contribution in [0.25, 0.3) is 0 Å². The molecule has 2 aliphatic heterocycles. The molecule has 1 saturated heterocycles. The molecular weight excluding hydrogens is 488 g/mol. The van der Waals surface area contributed by atoms with Gasteiger partial charge in [0.05, 0.1) is 33.4 Å². The Bertz CT molecular complexity index is 1060. The Morgan fingerprint density at radius 1 is 0.838 bits per heavy atom. The largest absolute Gasteiger partial charge is 0.493 e. The van der Waals surface area contributed by atoms with Crippen molar-refractivity contribution >= 4 is 0 Å². The van der Waals surface area contributed by atoms with Gasteiger partial charge in [-0.3, -0.25) is 0 Å². The number of hydrogen-bond acceptors (Lipinski definition) is 11. The summed E-state index contributed by atoms with van der Waals surface area (Å²) >= 11 is 0. The van der Waals surface area contributed by atoms with Crippen molar-refractivity contribution in [3.8, 4) is 23.0 Å². The second kappa shape index (κ2) is 11.8. The van der Waals surface area contributed by atoms with Gasteiger partial charge in [0.25, 0.3) is 0 Å². The quantitative estimate of drug-likeness (QED) is 0.249. The number of benzene rings is 2. The number of aliphatic hydroxyl groups is 6. The number of fused-ring (bicyclic) bond motifs is 1. The zero-order valence-electron chi connectivity index (χ0n) is 20.7. The van der Waals surface area contributed by atoms with Gasteiger partial charge in [0.2, 0.25) is 6.29 Å². The van der Waals surface area contributed by atoms with Crippen LogP contribution in [0, 0.1) is 0 Å². The summed E-state index contributed by atoms with van der Waals surface area (Å²) in [7, 11) is 2.98. The third-order valence-electron chi connectivity index (χ3n) is 6.80. The highest BCUT2D eigenvalue weighted by Gasteiger charge is 2.45. The van der Waals surface area contributed by atoms with Crippen LogP contribution in [0.5, 0.6) is 23.0 Å². The summed E-state index contributed by atoms with van der Waals surface area (Å²) in [5, 5.41) is 59.2. The Kier molecular flexibility index (Phi) is 8.75. The summed E-state index contributed by atoms with van der Waals surface area (Å²) in [6, 6.07) is 8.81. The lowest BCUT2D eigenvalue weighted by molar-refractivity contribution is -0.277. The first kappa shape index (κ1) is 27.4. The Balaban J connectivity index is 1.60. The van der Waals surface area contributed by atoms with Crippen molar-refractivity contribution < 1.29 is 54.3 Å². The fraction of sp³-hybridized carbons (Fsp3) is 0.538. The van der Waals surface area contributed by atoms with Crippen LogP contribution in [0.4, 0.5) is 0 Å². The normalized spacial score (nSPS) is 28.9. The van der Waals surface area contributed by atoms with Crippen LogP contribution in [0.2, 0.25) is 0 Å². The molecule has 0 unspecified atom stereocenters. The van der Waals surface area contributed by atoms with E-state index in [1.165, 1.54) is 7.11 Å². The van der Waals surface area contributed by atoms with Gasteiger partial charge >= 0.3 is 0 Å². The monoisotopic (exact) mass is 522 g/mol. The number of ether oxygens (including phenoxy) is 5. The van der Waals surface area contributed by atoms with Gasteiger partial charge in [0.15, 0.2) is 23.0 Å². The van der Waals surface area contributed by atoms with Crippen molar-refractivity contribution in [2.45, 2.75) is 55.6 Å². The van der Waals surface area contributed by atoms with Crippen LogP contribution >= 0.6 is 0 Å². The van der Waals surface area contributed by atoms with E-state index >= 15 is 0 Å². The topological polar surface area (TPSA) is 168 Å². The van der Waals surface area contributed by atoms with E-state index in [1.54, 1.807) is 25.3 Å². The van der Waals surface area contributed by atoms with Gasteiger partial charge in [0, 0.05) is 12.2 Å². The fourth-order valence-electron chi connectivity index (χ4n) is 4.78. The highest BCUT2D eigenvalue weighted by atomic mass is 16.7. The first-order valence-electron chi connectivity index (χ1n) is 12.1. The van der Waals surface area contributed by atoms with E-state index < -0.39 is 43.4 Å². The van der Waals surface area contributed by atoms with Gasteiger partial charge in [-0.25, -0.2) is 0 Å². The van der Waals surface area contributed by atoms with Gasteiger partial charge in [-0.15, -0.1) is 0 Å². The summed E-state index contributed by atoms with van der Waals surface area (Å²) < 4.78 is 28.5. The third kappa shape index (κ3) is 5.34. The van der Waals surface area contributed by atoms with Crippen molar-refractivity contribution in [3.63, 3.8) is 0 Å². The maximum absolute atomic E-state index is 10.3. The highest BCUT2D eigenvalue weighted by molar-refractivity contribution is 5.56. The third-order valence-corrected chi connectivity index (χ3v) is 6.80. The standard InChI is InChI=1S/C26H34O11/c1-33-18-10-14(5-6-17(18)35-26-23(32)22(31)21(30)20(12-29)36-26)24-16(11-28)15-8-13(4-3-7-27)9-19(34-2)25(15)37-24/h5-6,8-10,16,20-24,26-32H,3-4,7,11-12H2,1-2H3/t16-,20-,21-,22+,23-,24+,26+/m1/s1. The number of aliphatic hydroxyl groups excluding tert-OH is 6. The van der Waals surface area contributed by atoms with Crippen LogP contribution in [0.3, 0.4) is 0 Å². The summed E-state index contributed by atoms with van der Waals surface area (Å²) in [6.45, 7) is -0.691. The van der Waals surface area contributed by atoms with Crippen LogP contribution in [0.1, 0.15) is 35.1 Å². The predicted octanol–water partition coefficient (Wildman–Crippen LogP) is 0.0170. The SMILES string of the molecule is COc1cc([C@@H]2Oc3c(OC)cc(CCCO)cc3[C@H]2CO)ccc1O[C@H]1O[C@H](CO)[C@@H](O)[C@H](O)[C@H]1O. The Morgan fingerprint density at radius 3 is 2.24 bits per heavy atom. The second-order valence-electron chi connectivity index (χ2n) is 9.10. The molecule has 0 spiro atoms. The van der Waals surface area contributed by atoms with E-state index in [-0.39, 0.29) is 30.6 Å². The fourth-order valence-corrected chi connectivity index (χ4v) is 4.78. The maximum Gasteiger partial charge on any atom is 0.229 e. The molecule has 2 heterocycles.